The Labute approximate surface area is 82.0 Å². The van der Waals surface area contributed by atoms with Crippen molar-refractivity contribution < 1.29 is 39.5 Å². The third-order valence-electron chi connectivity index (χ3n) is 1.75. The van der Waals surface area contributed by atoms with E-state index in [9.17, 15) is 39.5 Å². The average Bonchev–Trinajstić information content (AvgIpc) is 2.12. The van der Waals surface area contributed by atoms with Gasteiger partial charge in [0.25, 0.3) is 0 Å². The van der Waals surface area contributed by atoms with Crippen LogP contribution in [0.1, 0.15) is 0 Å². The zero-order valence-corrected chi connectivity index (χ0v) is 6.90. The van der Waals surface area contributed by atoms with Crippen molar-refractivity contribution in [3.8, 4) is 0 Å². The van der Waals surface area contributed by atoms with Gasteiger partial charge >= 0.3 is 23.8 Å². The third-order valence-corrected chi connectivity index (χ3v) is 1.75. The minimum atomic E-state index is -5.50. The van der Waals surface area contributed by atoms with Gasteiger partial charge in [-0.3, -0.25) is 0 Å². The van der Waals surface area contributed by atoms with Crippen molar-refractivity contribution in [3.63, 3.8) is 0 Å². The molecule has 91 valence electrons. The lowest BCUT2D eigenvalue weighted by Crippen LogP contribution is -2.55. The van der Waals surface area contributed by atoms with Crippen LogP contribution in [0.5, 0.6) is 0 Å². The first-order chi connectivity index (χ1) is 6.94. The van der Waals surface area contributed by atoms with Crippen LogP contribution in [0.25, 0.3) is 0 Å². The van der Waals surface area contributed by atoms with Crippen molar-refractivity contribution in [1.29, 1.82) is 0 Å². The molecule has 9 heteroatoms. The number of halogens is 9. The molecule has 1 radical (unpaired) electrons. The normalized spacial score (nSPS) is 22.2. The third kappa shape index (κ3) is 1.49. The molecule has 0 aromatic heterocycles. The summed E-state index contributed by atoms with van der Waals surface area (Å²) >= 11 is 0. The van der Waals surface area contributed by atoms with Crippen molar-refractivity contribution >= 4 is 0 Å². The predicted octanol–water partition coefficient (Wildman–Crippen LogP) is 3.71. The Kier molecular flexibility index (Phi) is 2.56. The fourth-order valence-electron chi connectivity index (χ4n) is 0.913. The second-order valence-electron chi connectivity index (χ2n) is 2.80. The van der Waals surface area contributed by atoms with Gasteiger partial charge in [-0.25, -0.2) is 0 Å². The fraction of sp³-hybridized carbons (Fsp3) is 0.429. The van der Waals surface area contributed by atoms with E-state index >= 15 is 0 Å². The van der Waals surface area contributed by atoms with Gasteiger partial charge < -0.3 is 0 Å². The Morgan fingerprint density at radius 1 is 1.00 bits per heavy atom. The van der Waals surface area contributed by atoms with Crippen molar-refractivity contribution in [3.05, 3.63) is 23.6 Å². The van der Waals surface area contributed by atoms with E-state index < -0.39 is 35.2 Å². The van der Waals surface area contributed by atoms with Crippen molar-refractivity contribution in [2.45, 2.75) is 17.8 Å². The van der Waals surface area contributed by atoms with Gasteiger partial charge in [0, 0.05) is 6.08 Å². The van der Waals surface area contributed by atoms with Crippen LogP contribution in [0.2, 0.25) is 0 Å². The molecule has 1 aliphatic rings. The SMILES string of the molecule is FC(F)=C(F)C(F)(F)C1=[C]C(F)(F)C1(F)F. The van der Waals surface area contributed by atoms with E-state index in [2.05, 4.69) is 0 Å². The monoisotopic (exact) mass is 255 g/mol. The lowest BCUT2D eigenvalue weighted by molar-refractivity contribution is -0.208. The molecule has 1 rings (SSSR count). The molecule has 16 heavy (non-hydrogen) atoms. The molecule has 1 aliphatic carbocycles. The summed E-state index contributed by atoms with van der Waals surface area (Å²) in [7, 11) is 0. The Balaban J connectivity index is 3.21. The van der Waals surface area contributed by atoms with Crippen LogP contribution in [0.15, 0.2) is 17.5 Å². The summed E-state index contributed by atoms with van der Waals surface area (Å²) in [5.74, 6) is -19.4. The van der Waals surface area contributed by atoms with Crippen molar-refractivity contribution in [2.75, 3.05) is 0 Å². The Hall–Kier alpha value is -1.15. The minimum Gasteiger partial charge on any atom is -0.199 e. The molecule has 0 heterocycles. The predicted molar refractivity (Wildman–Crippen MR) is 31.9 cm³/mol. The van der Waals surface area contributed by atoms with Crippen molar-refractivity contribution in [1.82, 2.24) is 0 Å². The van der Waals surface area contributed by atoms with Gasteiger partial charge in [-0.2, -0.15) is 39.5 Å². The van der Waals surface area contributed by atoms with E-state index in [1.165, 1.54) is 0 Å². The van der Waals surface area contributed by atoms with Crippen LogP contribution in [0.3, 0.4) is 0 Å². The maximum Gasteiger partial charge on any atom is 0.342 e. The van der Waals surface area contributed by atoms with Crippen LogP contribution in [0, 0.1) is 6.08 Å². The molecule has 0 aliphatic heterocycles. The van der Waals surface area contributed by atoms with E-state index in [1.54, 1.807) is 0 Å². The lowest BCUT2D eigenvalue weighted by Gasteiger charge is -2.37. The Morgan fingerprint density at radius 3 is 1.69 bits per heavy atom. The van der Waals surface area contributed by atoms with E-state index in [0.717, 1.165) is 0 Å². The van der Waals surface area contributed by atoms with Crippen LogP contribution in [0.4, 0.5) is 39.5 Å². The summed E-state index contributed by atoms with van der Waals surface area (Å²) in [6.07, 6.45) is -3.30. The van der Waals surface area contributed by atoms with Gasteiger partial charge in [-0.15, -0.1) is 0 Å². The highest BCUT2D eigenvalue weighted by molar-refractivity contribution is 5.40. The topological polar surface area (TPSA) is 0 Å². The summed E-state index contributed by atoms with van der Waals surface area (Å²) in [5, 5.41) is 0. The smallest absolute Gasteiger partial charge is 0.199 e. The number of rotatable bonds is 2. The minimum absolute atomic E-state index is 0.261. The summed E-state index contributed by atoms with van der Waals surface area (Å²) < 4.78 is 109. The molecule has 0 aromatic carbocycles. The van der Waals surface area contributed by atoms with E-state index in [0.29, 0.717) is 0 Å². The molecule has 0 unspecified atom stereocenters. The molecule has 0 saturated carbocycles. The number of hydrogen-bond acceptors (Lipinski definition) is 0. The molecular weight excluding hydrogens is 255 g/mol. The highest BCUT2D eigenvalue weighted by Gasteiger charge is 2.73. The van der Waals surface area contributed by atoms with E-state index in [4.69, 9.17) is 0 Å². The highest BCUT2D eigenvalue weighted by atomic mass is 19.3. The quantitative estimate of drug-likeness (QED) is 0.660. The number of hydrogen-bond donors (Lipinski definition) is 0. The summed E-state index contributed by atoms with van der Waals surface area (Å²) in [5.41, 5.74) is -2.80. The average molecular weight is 255 g/mol. The zero-order valence-electron chi connectivity index (χ0n) is 6.90. The zero-order chi connectivity index (χ0) is 12.9. The molecule has 0 atom stereocenters. The van der Waals surface area contributed by atoms with Crippen LogP contribution in [-0.2, 0) is 0 Å². The van der Waals surface area contributed by atoms with Gasteiger partial charge in [-0.05, 0) is 0 Å². The summed E-state index contributed by atoms with van der Waals surface area (Å²) in [6.45, 7) is 0. The second kappa shape index (κ2) is 3.17. The van der Waals surface area contributed by atoms with Gasteiger partial charge in [-0.1, -0.05) is 0 Å². The summed E-state index contributed by atoms with van der Waals surface area (Å²) in [6, 6.07) is 0. The standard InChI is InChI=1S/C7F9/c8-3(4(9)10)6(13,14)2-1-5(11,12)7(2,15)16. The van der Waals surface area contributed by atoms with Crippen molar-refractivity contribution in [2.24, 2.45) is 0 Å². The maximum atomic E-state index is 12.5. The molecule has 0 N–H and O–H groups in total. The van der Waals surface area contributed by atoms with Gasteiger partial charge in [0.2, 0.25) is 5.83 Å². The van der Waals surface area contributed by atoms with Crippen LogP contribution >= 0.6 is 0 Å². The molecule has 0 nitrogen and oxygen atoms in total. The van der Waals surface area contributed by atoms with E-state index in [-0.39, 0.29) is 6.08 Å². The van der Waals surface area contributed by atoms with Gasteiger partial charge in [0.1, 0.15) is 0 Å². The lowest BCUT2D eigenvalue weighted by atomic mass is 9.84. The molecular formula is C7F9. The Bertz CT molecular complexity index is 371. The first-order valence-corrected chi connectivity index (χ1v) is 3.45. The first-order valence-electron chi connectivity index (χ1n) is 3.45. The van der Waals surface area contributed by atoms with Gasteiger partial charge in [0.15, 0.2) is 0 Å². The molecule has 0 amide bonds. The number of allylic oxidation sites excluding steroid dienone is 3. The fourth-order valence-corrected chi connectivity index (χ4v) is 0.913. The molecule has 0 aromatic rings. The Morgan fingerprint density at radius 2 is 1.44 bits per heavy atom. The molecule has 0 fully saturated rings. The maximum absolute atomic E-state index is 12.5. The first kappa shape index (κ1) is 12.9. The van der Waals surface area contributed by atoms with Crippen LogP contribution in [-0.4, -0.2) is 17.8 Å². The summed E-state index contributed by atoms with van der Waals surface area (Å²) in [4.78, 5) is 0. The van der Waals surface area contributed by atoms with Crippen LogP contribution < -0.4 is 0 Å². The van der Waals surface area contributed by atoms with Gasteiger partial charge in [0.05, 0.1) is 5.57 Å². The molecule has 0 bridgehead atoms. The molecule has 0 spiro atoms. The second-order valence-corrected chi connectivity index (χ2v) is 2.80. The molecule has 0 saturated heterocycles. The van der Waals surface area contributed by atoms with E-state index in [1.807, 2.05) is 0 Å². The highest BCUT2D eigenvalue weighted by Crippen LogP contribution is 2.56. The number of alkyl halides is 6. The largest absolute Gasteiger partial charge is 0.342 e.